The molecular weight excluding hydrogens is 428 g/mol. The molecule has 2 atom stereocenters. The molecule has 7 nitrogen and oxygen atoms in total. The van der Waals surface area contributed by atoms with Crippen molar-refractivity contribution < 1.29 is 22.7 Å². The Labute approximate surface area is 183 Å². The summed E-state index contributed by atoms with van der Waals surface area (Å²) in [7, 11) is -0.653. The molecule has 164 valence electrons. The molecule has 0 aliphatic heterocycles. The minimum absolute atomic E-state index is 0.282. The average molecular weight is 455 g/mol. The van der Waals surface area contributed by atoms with Gasteiger partial charge in [0.15, 0.2) is 11.5 Å². The van der Waals surface area contributed by atoms with Crippen LogP contribution < -0.4 is 19.1 Å². The summed E-state index contributed by atoms with van der Waals surface area (Å²) in [5.41, 5.74) is 1.13. The third-order valence-corrected chi connectivity index (χ3v) is 6.07. The van der Waals surface area contributed by atoms with Gasteiger partial charge in [-0.1, -0.05) is 30.7 Å². The van der Waals surface area contributed by atoms with E-state index < -0.39 is 22.0 Å². The Morgan fingerprint density at radius 2 is 1.80 bits per heavy atom. The number of hydrogen-bond acceptors (Lipinski definition) is 5. The van der Waals surface area contributed by atoms with Crippen molar-refractivity contribution in [1.82, 2.24) is 5.32 Å². The summed E-state index contributed by atoms with van der Waals surface area (Å²) in [6.45, 7) is 3.57. The summed E-state index contributed by atoms with van der Waals surface area (Å²) in [6.07, 6.45) is 1.35. The van der Waals surface area contributed by atoms with Crippen LogP contribution in [0, 0.1) is 0 Å². The van der Waals surface area contributed by atoms with Crippen LogP contribution in [-0.2, 0) is 14.8 Å². The highest BCUT2D eigenvalue weighted by molar-refractivity contribution is 7.92. The number of nitrogens with zero attached hydrogens (tertiary/aromatic N) is 1. The Morgan fingerprint density at radius 1 is 1.13 bits per heavy atom. The number of halogens is 1. The number of methoxy groups -OCH3 is 2. The van der Waals surface area contributed by atoms with Gasteiger partial charge in [-0.15, -0.1) is 0 Å². The zero-order chi connectivity index (χ0) is 22.5. The molecule has 0 aromatic heterocycles. The van der Waals surface area contributed by atoms with Gasteiger partial charge in [-0.05, 0) is 49.2 Å². The molecule has 2 aromatic carbocycles. The molecule has 0 aliphatic carbocycles. The average Bonchev–Trinajstić information content (AvgIpc) is 2.70. The van der Waals surface area contributed by atoms with E-state index in [0.717, 1.165) is 16.1 Å². The molecule has 0 saturated heterocycles. The molecule has 0 radical (unpaired) electrons. The quantitative estimate of drug-likeness (QED) is 0.623. The lowest BCUT2D eigenvalue weighted by Gasteiger charge is -2.31. The first-order valence-corrected chi connectivity index (χ1v) is 11.6. The second-order valence-electron chi connectivity index (χ2n) is 6.81. The SMILES string of the molecule is CC[C@@H](C(=O)N[C@H](C)c1ccc(OC)c(OC)c1)N(c1cccc(Cl)c1)S(C)(=O)=O. The van der Waals surface area contributed by atoms with Crippen molar-refractivity contribution >= 4 is 33.2 Å². The Hall–Kier alpha value is -2.45. The minimum atomic E-state index is -3.73. The number of rotatable bonds is 9. The van der Waals surface area contributed by atoms with Gasteiger partial charge in [-0.2, -0.15) is 0 Å². The lowest BCUT2D eigenvalue weighted by molar-refractivity contribution is -0.122. The molecule has 2 rings (SSSR count). The molecule has 2 aromatic rings. The maximum absolute atomic E-state index is 13.1. The molecule has 1 amide bonds. The van der Waals surface area contributed by atoms with E-state index in [2.05, 4.69) is 5.32 Å². The first kappa shape index (κ1) is 23.8. The fraction of sp³-hybridized carbons (Fsp3) is 0.381. The van der Waals surface area contributed by atoms with E-state index >= 15 is 0 Å². The Kier molecular flexibility index (Phi) is 7.97. The summed E-state index contributed by atoms with van der Waals surface area (Å²) in [5, 5.41) is 3.28. The molecule has 0 spiro atoms. The molecular formula is C21H27ClN2O5S. The highest BCUT2D eigenvalue weighted by Gasteiger charge is 2.32. The largest absolute Gasteiger partial charge is 0.493 e. The summed E-state index contributed by atoms with van der Waals surface area (Å²) in [4.78, 5) is 13.1. The van der Waals surface area contributed by atoms with E-state index in [1.807, 2.05) is 13.0 Å². The number of amides is 1. The first-order valence-electron chi connectivity index (χ1n) is 9.39. The summed E-state index contributed by atoms with van der Waals surface area (Å²) < 4.78 is 36.7. The number of benzene rings is 2. The number of ether oxygens (including phenoxy) is 2. The van der Waals surface area contributed by atoms with Crippen LogP contribution in [0.2, 0.25) is 5.02 Å². The van der Waals surface area contributed by atoms with Crippen LogP contribution >= 0.6 is 11.6 Å². The number of nitrogens with one attached hydrogen (secondary N) is 1. The Balaban J connectivity index is 2.32. The van der Waals surface area contributed by atoms with Crippen LogP contribution in [0.5, 0.6) is 11.5 Å². The van der Waals surface area contributed by atoms with Crippen LogP contribution in [0.4, 0.5) is 5.69 Å². The third kappa shape index (κ3) is 5.58. The highest BCUT2D eigenvalue weighted by atomic mass is 35.5. The maximum Gasteiger partial charge on any atom is 0.244 e. The molecule has 0 unspecified atom stereocenters. The molecule has 0 bridgehead atoms. The molecule has 0 heterocycles. The van der Waals surface area contributed by atoms with Gasteiger partial charge in [-0.25, -0.2) is 8.42 Å². The normalized spacial score (nSPS) is 13.3. The monoisotopic (exact) mass is 454 g/mol. The van der Waals surface area contributed by atoms with E-state index in [1.165, 1.54) is 13.2 Å². The van der Waals surface area contributed by atoms with Gasteiger partial charge in [0.05, 0.1) is 32.2 Å². The van der Waals surface area contributed by atoms with Gasteiger partial charge in [-0.3, -0.25) is 9.10 Å². The molecule has 0 fully saturated rings. The minimum Gasteiger partial charge on any atom is -0.493 e. The van der Waals surface area contributed by atoms with Gasteiger partial charge in [0.1, 0.15) is 6.04 Å². The van der Waals surface area contributed by atoms with Crippen molar-refractivity contribution in [3.63, 3.8) is 0 Å². The lowest BCUT2D eigenvalue weighted by Crippen LogP contribution is -2.49. The lowest BCUT2D eigenvalue weighted by atomic mass is 10.1. The highest BCUT2D eigenvalue weighted by Crippen LogP contribution is 2.30. The van der Waals surface area contributed by atoms with Crippen molar-refractivity contribution in [3.05, 3.63) is 53.1 Å². The van der Waals surface area contributed by atoms with Crippen LogP contribution in [0.3, 0.4) is 0 Å². The number of anilines is 1. The van der Waals surface area contributed by atoms with Gasteiger partial charge in [0.2, 0.25) is 15.9 Å². The second-order valence-corrected chi connectivity index (χ2v) is 9.10. The number of carbonyl (C=O) groups excluding carboxylic acids is 1. The van der Waals surface area contributed by atoms with Gasteiger partial charge >= 0.3 is 0 Å². The van der Waals surface area contributed by atoms with Gasteiger partial charge in [0.25, 0.3) is 0 Å². The molecule has 0 aliphatic rings. The van der Waals surface area contributed by atoms with Crippen molar-refractivity contribution in [2.45, 2.75) is 32.4 Å². The van der Waals surface area contributed by atoms with Gasteiger partial charge in [0, 0.05) is 5.02 Å². The number of hydrogen-bond donors (Lipinski definition) is 1. The van der Waals surface area contributed by atoms with Crippen LogP contribution in [0.25, 0.3) is 0 Å². The van der Waals surface area contributed by atoms with Crippen LogP contribution in [-0.4, -0.2) is 40.8 Å². The van der Waals surface area contributed by atoms with E-state index in [4.69, 9.17) is 21.1 Å². The Bertz CT molecular complexity index is 997. The van der Waals surface area contributed by atoms with E-state index in [-0.39, 0.29) is 12.5 Å². The maximum atomic E-state index is 13.1. The Morgan fingerprint density at radius 3 is 2.33 bits per heavy atom. The fourth-order valence-corrected chi connectivity index (χ4v) is 4.58. The van der Waals surface area contributed by atoms with Crippen molar-refractivity contribution in [2.75, 3.05) is 24.8 Å². The predicted molar refractivity (Wildman–Crippen MR) is 119 cm³/mol. The van der Waals surface area contributed by atoms with Crippen LogP contribution in [0.15, 0.2) is 42.5 Å². The van der Waals surface area contributed by atoms with Crippen molar-refractivity contribution in [2.24, 2.45) is 0 Å². The fourth-order valence-electron chi connectivity index (χ4n) is 3.19. The standard InChI is InChI=1S/C21H27ClN2O5S/c1-6-18(24(30(5,26)27)17-9-7-8-16(22)13-17)21(25)23-14(2)15-10-11-19(28-3)20(12-15)29-4/h7-14,18H,6H2,1-5H3,(H,23,25)/t14-,18+/m1/s1. The summed E-state index contributed by atoms with van der Waals surface area (Å²) >= 11 is 6.04. The van der Waals surface area contributed by atoms with Gasteiger partial charge < -0.3 is 14.8 Å². The predicted octanol–water partition coefficient (Wildman–Crippen LogP) is 3.78. The number of sulfonamides is 1. The number of carbonyl (C=O) groups is 1. The molecule has 30 heavy (non-hydrogen) atoms. The zero-order valence-electron chi connectivity index (χ0n) is 17.7. The topological polar surface area (TPSA) is 84.9 Å². The summed E-state index contributed by atoms with van der Waals surface area (Å²) in [6, 6.07) is 10.5. The first-order chi connectivity index (χ1) is 14.1. The van der Waals surface area contributed by atoms with Crippen LogP contribution in [0.1, 0.15) is 31.9 Å². The third-order valence-electron chi connectivity index (χ3n) is 4.66. The summed E-state index contributed by atoms with van der Waals surface area (Å²) in [5.74, 6) is 0.709. The van der Waals surface area contributed by atoms with E-state index in [0.29, 0.717) is 22.2 Å². The molecule has 9 heteroatoms. The van der Waals surface area contributed by atoms with E-state index in [9.17, 15) is 13.2 Å². The van der Waals surface area contributed by atoms with Crippen molar-refractivity contribution in [3.8, 4) is 11.5 Å². The van der Waals surface area contributed by atoms with Crippen molar-refractivity contribution in [1.29, 1.82) is 0 Å². The van der Waals surface area contributed by atoms with E-state index in [1.54, 1.807) is 44.4 Å². The molecule has 0 saturated carbocycles. The second kappa shape index (κ2) is 10.0. The molecule has 1 N–H and O–H groups in total. The zero-order valence-corrected chi connectivity index (χ0v) is 19.3. The smallest absolute Gasteiger partial charge is 0.244 e.